The van der Waals surface area contributed by atoms with Gasteiger partial charge in [-0.1, -0.05) is 11.6 Å². The van der Waals surface area contributed by atoms with E-state index in [9.17, 15) is 19.7 Å². The molecule has 1 aromatic heterocycles. The smallest absolute Gasteiger partial charge is 0.374 e. The molecule has 0 saturated carbocycles. The molecule has 0 saturated heterocycles. The molecule has 0 amide bonds. The van der Waals surface area contributed by atoms with Crippen LogP contribution >= 0.6 is 11.6 Å². The first-order valence-corrected chi connectivity index (χ1v) is 5.75. The number of ketones is 1. The molecule has 0 aliphatic heterocycles. The van der Waals surface area contributed by atoms with Gasteiger partial charge in [0.15, 0.2) is 0 Å². The molecule has 102 valence electrons. The molecule has 0 aromatic carbocycles. The van der Waals surface area contributed by atoms with E-state index in [1.54, 1.807) is 13.8 Å². The normalized spacial score (nSPS) is 10.1. The van der Waals surface area contributed by atoms with Crippen LogP contribution < -0.4 is 0 Å². The Hall–Kier alpha value is -2.02. The van der Waals surface area contributed by atoms with Crippen molar-refractivity contribution < 1.29 is 19.2 Å². The van der Waals surface area contributed by atoms with E-state index in [2.05, 4.69) is 9.72 Å². The molecule has 0 unspecified atom stereocenters. The minimum atomic E-state index is -1.03. The monoisotopic (exact) mass is 286 g/mol. The third-order valence-electron chi connectivity index (χ3n) is 2.19. The molecule has 8 heteroatoms. The summed E-state index contributed by atoms with van der Waals surface area (Å²) in [6.45, 7) is 3.19. The van der Waals surface area contributed by atoms with E-state index < -0.39 is 28.8 Å². The number of carbonyl (C=O) groups excluding carboxylic acids is 2. The van der Waals surface area contributed by atoms with Gasteiger partial charge in [-0.3, -0.25) is 14.9 Å². The number of aromatic nitrogens is 1. The summed E-state index contributed by atoms with van der Waals surface area (Å²) in [5.74, 6) is -1.89. The molecule has 0 fully saturated rings. The third kappa shape index (κ3) is 3.72. The van der Waals surface area contributed by atoms with E-state index in [4.69, 9.17) is 11.6 Å². The number of nitro groups is 1. The maximum absolute atomic E-state index is 11.5. The number of aryl methyl sites for hydroxylation is 1. The second-order valence-electron chi connectivity index (χ2n) is 3.64. The van der Waals surface area contributed by atoms with Crippen LogP contribution in [0.5, 0.6) is 0 Å². The first kappa shape index (κ1) is 15.0. The molecule has 7 nitrogen and oxygen atoms in total. The van der Waals surface area contributed by atoms with Crippen molar-refractivity contribution in [3.8, 4) is 0 Å². The maximum atomic E-state index is 11.5. The summed E-state index contributed by atoms with van der Waals surface area (Å²) in [6, 6.07) is 1.35. The zero-order valence-corrected chi connectivity index (χ0v) is 11.1. The number of nitrogens with zero attached hydrogens (tertiary/aromatic N) is 2. The van der Waals surface area contributed by atoms with E-state index >= 15 is 0 Å². The van der Waals surface area contributed by atoms with Crippen molar-refractivity contribution in [1.82, 2.24) is 4.98 Å². The molecular weight excluding hydrogens is 276 g/mol. The Labute approximate surface area is 113 Å². The average Bonchev–Trinajstić information content (AvgIpc) is 2.27. The molecule has 0 atom stereocenters. The van der Waals surface area contributed by atoms with Crippen molar-refractivity contribution in [1.29, 1.82) is 0 Å². The lowest BCUT2D eigenvalue weighted by atomic mass is 10.1. The van der Waals surface area contributed by atoms with Crippen LogP contribution in [-0.2, 0) is 20.7 Å². The quantitative estimate of drug-likeness (QED) is 0.268. The molecule has 0 spiro atoms. The Balaban J connectivity index is 3.10. The fourth-order valence-corrected chi connectivity index (χ4v) is 1.80. The lowest BCUT2D eigenvalue weighted by Crippen LogP contribution is -2.20. The fourth-order valence-electron chi connectivity index (χ4n) is 1.48. The SMILES string of the molecule is CCOC(=O)C(=O)Cc1cc(C)nc(Cl)c1[N+](=O)[O-]. The van der Waals surface area contributed by atoms with Crippen LogP contribution in [0.25, 0.3) is 0 Å². The van der Waals surface area contributed by atoms with Gasteiger partial charge >= 0.3 is 11.7 Å². The fraction of sp³-hybridized carbons (Fsp3) is 0.364. The Morgan fingerprint density at radius 1 is 1.53 bits per heavy atom. The number of carbonyl (C=O) groups is 2. The van der Waals surface area contributed by atoms with Crippen LogP contribution in [-0.4, -0.2) is 28.3 Å². The number of ether oxygens (including phenoxy) is 1. The number of halogens is 1. The highest BCUT2D eigenvalue weighted by molar-refractivity contribution is 6.34. The van der Waals surface area contributed by atoms with Crippen LogP contribution in [0.3, 0.4) is 0 Å². The first-order chi connectivity index (χ1) is 8.86. The number of esters is 1. The lowest BCUT2D eigenvalue weighted by Gasteiger charge is -2.05. The molecule has 0 N–H and O–H groups in total. The molecule has 0 aliphatic carbocycles. The van der Waals surface area contributed by atoms with Crippen molar-refractivity contribution in [2.24, 2.45) is 0 Å². The second-order valence-corrected chi connectivity index (χ2v) is 4.00. The van der Waals surface area contributed by atoms with Gasteiger partial charge in [-0.25, -0.2) is 9.78 Å². The average molecular weight is 287 g/mol. The Morgan fingerprint density at radius 2 is 2.16 bits per heavy atom. The minimum absolute atomic E-state index is 0.0422. The Kier molecular flexibility index (Phi) is 4.94. The molecule has 19 heavy (non-hydrogen) atoms. The van der Waals surface area contributed by atoms with Gasteiger partial charge in [0.2, 0.25) is 10.9 Å². The molecule has 1 rings (SSSR count). The summed E-state index contributed by atoms with van der Waals surface area (Å²) in [4.78, 5) is 36.6. The molecule has 0 bridgehead atoms. The highest BCUT2D eigenvalue weighted by atomic mass is 35.5. The van der Waals surface area contributed by atoms with Crippen molar-refractivity contribution >= 4 is 29.0 Å². The molecule has 1 aromatic rings. The summed E-state index contributed by atoms with van der Waals surface area (Å²) in [6.07, 6.45) is -0.446. The van der Waals surface area contributed by atoms with Gasteiger partial charge in [0.25, 0.3) is 0 Å². The predicted molar refractivity (Wildman–Crippen MR) is 66.0 cm³/mol. The van der Waals surface area contributed by atoms with Gasteiger partial charge < -0.3 is 4.74 Å². The van der Waals surface area contributed by atoms with Crippen LogP contribution in [0.4, 0.5) is 5.69 Å². The highest BCUT2D eigenvalue weighted by Gasteiger charge is 2.25. The van der Waals surface area contributed by atoms with E-state index in [-0.39, 0.29) is 17.3 Å². The number of Topliss-reactive ketones (excluding diaryl/α,β-unsaturated/α-hetero) is 1. The third-order valence-corrected chi connectivity index (χ3v) is 2.46. The van der Waals surface area contributed by atoms with Gasteiger partial charge in [0.05, 0.1) is 11.5 Å². The van der Waals surface area contributed by atoms with Crippen LogP contribution in [0.1, 0.15) is 18.2 Å². The van der Waals surface area contributed by atoms with Crippen LogP contribution in [0.15, 0.2) is 6.07 Å². The predicted octanol–water partition coefficient (Wildman–Crippen LogP) is 1.63. The minimum Gasteiger partial charge on any atom is -0.460 e. The standard InChI is InChI=1S/C11H11ClN2O5/c1-3-19-11(16)8(15)5-7-4-6(2)13-10(12)9(7)14(17)18/h4H,3,5H2,1-2H3. The largest absolute Gasteiger partial charge is 0.460 e. The molecule has 1 heterocycles. The Morgan fingerprint density at radius 3 is 2.68 bits per heavy atom. The molecule has 0 aliphatic rings. The van der Waals surface area contributed by atoms with Crippen molar-refractivity contribution in [3.05, 3.63) is 32.6 Å². The highest BCUT2D eigenvalue weighted by Crippen LogP contribution is 2.27. The Bertz CT molecular complexity index is 544. The summed E-state index contributed by atoms with van der Waals surface area (Å²) < 4.78 is 4.53. The van der Waals surface area contributed by atoms with Crippen LogP contribution in [0, 0.1) is 17.0 Å². The summed E-state index contributed by atoms with van der Waals surface area (Å²) >= 11 is 5.67. The zero-order chi connectivity index (χ0) is 14.6. The number of hydrogen-bond donors (Lipinski definition) is 0. The zero-order valence-electron chi connectivity index (χ0n) is 10.3. The van der Waals surface area contributed by atoms with Gasteiger partial charge in [0, 0.05) is 17.7 Å². The molecular formula is C11H11ClN2O5. The van der Waals surface area contributed by atoms with E-state index in [1.807, 2.05) is 0 Å². The van der Waals surface area contributed by atoms with Gasteiger partial charge in [-0.05, 0) is 19.9 Å². The maximum Gasteiger partial charge on any atom is 0.374 e. The van der Waals surface area contributed by atoms with Crippen LogP contribution in [0.2, 0.25) is 5.15 Å². The van der Waals surface area contributed by atoms with E-state index in [0.717, 1.165) is 0 Å². The van der Waals surface area contributed by atoms with Gasteiger partial charge in [-0.15, -0.1) is 0 Å². The lowest BCUT2D eigenvalue weighted by molar-refractivity contribution is -0.385. The molecule has 0 radical (unpaired) electrons. The summed E-state index contributed by atoms with van der Waals surface area (Å²) in [7, 11) is 0. The van der Waals surface area contributed by atoms with Gasteiger partial charge in [0.1, 0.15) is 0 Å². The topological polar surface area (TPSA) is 99.4 Å². The summed E-state index contributed by atoms with van der Waals surface area (Å²) in [5.41, 5.74) is -0.00673. The second kappa shape index (κ2) is 6.24. The number of pyridine rings is 1. The van der Waals surface area contributed by atoms with E-state index in [1.165, 1.54) is 6.07 Å². The first-order valence-electron chi connectivity index (χ1n) is 5.37. The number of hydrogen-bond acceptors (Lipinski definition) is 6. The van der Waals surface area contributed by atoms with Crippen molar-refractivity contribution in [2.75, 3.05) is 6.61 Å². The van der Waals surface area contributed by atoms with Crippen molar-refractivity contribution in [2.45, 2.75) is 20.3 Å². The van der Waals surface area contributed by atoms with E-state index in [0.29, 0.717) is 5.69 Å². The summed E-state index contributed by atoms with van der Waals surface area (Å²) in [5, 5.41) is 10.6. The van der Waals surface area contributed by atoms with Crippen molar-refractivity contribution in [3.63, 3.8) is 0 Å². The number of rotatable bonds is 5. The van der Waals surface area contributed by atoms with Gasteiger partial charge in [-0.2, -0.15) is 0 Å².